The van der Waals surface area contributed by atoms with Gasteiger partial charge in [0.15, 0.2) is 0 Å². The Labute approximate surface area is 172 Å². The molecule has 0 spiro atoms. The number of carbonyl (C=O) groups is 2. The van der Waals surface area contributed by atoms with E-state index in [1.807, 2.05) is 27.7 Å². The molecular weight excluding hydrogens is 388 g/mol. The quantitative estimate of drug-likeness (QED) is 0.646. The van der Waals surface area contributed by atoms with E-state index in [0.717, 1.165) is 15.3 Å². The molecule has 0 saturated heterocycles. The van der Waals surface area contributed by atoms with Gasteiger partial charge in [-0.2, -0.15) is 0 Å². The minimum atomic E-state index is -0.200. The topological polar surface area (TPSA) is 93.1 Å². The zero-order valence-corrected chi connectivity index (χ0v) is 17.7. The Balaban J connectivity index is 1.61. The molecule has 2 N–H and O–H groups in total. The van der Waals surface area contributed by atoms with E-state index in [9.17, 15) is 14.4 Å². The molecule has 152 valence electrons. The lowest BCUT2D eigenvalue weighted by atomic mass is 10.2. The third kappa shape index (κ3) is 4.71. The molecule has 7 nitrogen and oxygen atoms in total. The summed E-state index contributed by atoms with van der Waals surface area (Å²) in [5.74, 6) is -0.365. The van der Waals surface area contributed by atoms with Crippen molar-refractivity contribution in [1.29, 1.82) is 0 Å². The van der Waals surface area contributed by atoms with Gasteiger partial charge in [0.05, 0.1) is 11.7 Å². The lowest BCUT2D eigenvalue weighted by molar-refractivity contribution is -0.119. The number of anilines is 2. The molecule has 0 radical (unpaired) electrons. The Morgan fingerprint density at radius 3 is 2.34 bits per heavy atom. The van der Waals surface area contributed by atoms with Crippen molar-refractivity contribution in [2.24, 2.45) is 5.92 Å². The van der Waals surface area contributed by atoms with E-state index in [0.29, 0.717) is 16.8 Å². The number of rotatable bonds is 6. The fourth-order valence-corrected chi connectivity index (χ4v) is 3.79. The molecular formula is C21H24N4O3S. The zero-order valence-electron chi connectivity index (χ0n) is 16.9. The van der Waals surface area contributed by atoms with Crippen LogP contribution in [0.1, 0.15) is 30.7 Å². The second-order valence-corrected chi connectivity index (χ2v) is 8.43. The van der Waals surface area contributed by atoms with Gasteiger partial charge in [-0.05, 0) is 43.7 Å². The first-order valence-electron chi connectivity index (χ1n) is 9.42. The van der Waals surface area contributed by atoms with E-state index in [2.05, 4.69) is 15.6 Å². The first kappa shape index (κ1) is 20.7. The summed E-state index contributed by atoms with van der Waals surface area (Å²) in [5.41, 5.74) is 2.14. The lowest BCUT2D eigenvalue weighted by Crippen LogP contribution is -2.23. The van der Waals surface area contributed by atoms with Crippen LogP contribution in [0.2, 0.25) is 0 Å². The predicted molar refractivity (Wildman–Crippen MR) is 117 cm³/mol. The Hall–Kier alpha value is -3.00. The average Bonchev–Trinajstić information content (AvgIpc) is 2.97. The minimum absolute atomic E-state index is 0.0612. The second kappa shape index (κ2) is 8.57. The molecule has 0 bridgehead atoms. The van der Waals surface area contributed by atoms with E-state index in [1.165, 1.54) is 22.2 Å². The van der Waals surface area contributed by atoms with Gasteiger partial charge in [0.2, 0.25) is 11.8 Å². The van der Waals surface area contributed by atoms with Gasteiger partial charge in [-0.15, -0.1) is 11.3 Å². The van der Waals surface area contributed by atoms with Crippen molar-refractivity contribution in [3.05, 3.63) is 51.4 Å². The van der Waals surface area contributed by atoms with Gasteiger partial charge < -0.3 is 10.6 Å². The molecule has 0 aliphatic heterocycles. The van der Waals surface area contributed by atoms with Crippen LogP contribution in [0.15, 0.2) is 35.4 Å². The second-order valence-electron chi connectivity index (χ2n) is 7.23. The first-order chi connectivity index (χ1) is 13.8. The molecule has 8 heteroatoms. The largest absolute Gasteiger partial charge is 0.326 e. The van der Waals surface area contributed by atoms with Crippen molar-refractivity contribution in [3.8, 4) is 0 Å². The number of benzene rings is 1. The number of nitrogens with one attached hydrogen (secondary N) is 2. The highest BCUT2D eigenvalue weighted by molar-refractivity contribution is 7.18. The number of nitrogens with zero attached hydrogens (tertiary/aromatic N) is 2. The number of thiophene rings is 1. The number of hydrogen-bond acceptors (Lipinski definition) is 5. The van der Waals surface area contributed by atoms with Gasteiger partial charge in [-0.3, -0.25) is 19.0 Å². The van der Waals surface area contributed by atoms with Crippen LogP contribution in [0.25, 0.3) is 10.2 Å². The van der Waals surface area contributed by atoms with Gasteiger partial charge in [0.1, 0.15) is 4.83 Å². The van der Waals surface area contributed by atoms with Crippen molar-refractivity contribution >= 4 is 44.7 Å². The maximum absolute atomic E-state index is 12.7. The fourth-order valence-electron chi connectivity index (χ4n) is 2.80. The van der Waals surface area contributed by atoms with Crippen molar-refractivity contribution in [2.75, 3.05) is 10.6 Å². The molecule has 2 heterocycles. The SMILES string of the molecule is Cc1sc2ncn(CCC(=O)Nc3ccc(NC(=O)C(C)C)cc3)c(=O)c2c1C. The van der Waals surface area contributed by atoms with Crippen LogP contribution in [0.4, 0.5) is 11.4 Å². The summed E-state index contributed by atoms with van der Waals surface area (Å²) in [6.07, 6.45) is 1.65. The first-order valence-corrected chi connectivity index (χ1v) is 10.2. The third-order valence-corrected chi connectivity index (χ3v) is 5.81. The molecule has 0 aliphatic rings. The molecule has 0 fully saturated rings. The molecule has 3 aromatic rings. The van der Waals surface area contributed by atoms with E-state index in [1.54, 1.807) is 24.3 Å². The summed E-state index contributed by atoms with van der Waals surface area (Å²) in [7, 11) is 0. The highest BCUT2D eigenvalue weighted by Crippen LogP contribution is 2.25. The maximum atomic E-state index is 12.7. The van der Waals surface area contributed by atoms with E-state index >= 15 is 0 Å². The number of hydrogen-bond donors (Lipinski definition) is 2. The minimum Gasteiger partial charge on any atom is -0.326 e. The molecule has 3 rings (SSSR count). The summed E-state index contributed by atoms with van der Waals surface area (Å²) in [5, 5.41) is 6.24. The van der Waals surface area contributed by atoms with Gasteiger partial charge in [-0.1, -0.05) is 13.8 Å². The maximum Gasteiger partial charge on any atom is 0.262 e. The predicted octanol–water partition coefficient (Wildman–Crippen LogP) is 3.70. The Bertz CT molecular complexity index is 1110. The summed E-state index contributed by atoms with van der Waals surface area (Å²) in [6, 6.07) is 6.93. The van der Waals surface area contributed by atoms with Crippen LogP contribution in [0.5, 0.6) is 0 Å². The summed E-state index contributed by atoms with van der Waals surface area (Å²) < 4.78 is 1.48. The number of fused-ring (bicyclic) bond motifs is 1. The monoisotopic (exact) mass is 412 g/mol. The molecule has 0 saturated carbocycles. The van der Waals surface area contributed by atoms with E-state index < -0.39 is 0 Å². The number of aromatic nitrogens is 2. The van der Waals surface area contributed by atoms with E-state index in [4.69, 9.17) is 0 Å². The van der Waals surface area contributed by atoms with Gasteiger partial charge in [0.25, 0.3) is 5.56 Å². The fraction of sp³-hybridized carbons (Fsp3) is 0.333. The normalized spacial score (nSPS) is 11.1. The van der Waals surface area contributed by atoms with Crippen LogP contribution < -0.4 is 16.2 Å². The molecule has 2 aromatic heterocycles. The van der Waals surface area contributed by atoms with E-state index in [-0.39, 0.29) is 36.3 Å². The molecule has 1 aromatic carbocycles. The number of carbonyl (C=O) groups excluding carboxylic acids is 2. The van der Waals surface area contributed by atoms with Crippen LogP contribution in [-0.2, 0) is 16.1 Å². The summed E-state index contributed by atoms with van der Waals surface area (Å²) >= 11 is 1.50. The Morgan fingerprint density at radius 2 is 1.72 bits per heavy atom. The van der Waals surface area contributed by atoms with Crippen LogP contribution >= 0.6 is 11.3 Å². The average molecular weight is 413 g/mol. The van der Waals surface area contributed by atoms with Crippen molar-refractivity contribution in [3.63, 3.8) is 0 Å². The molecule has 2 amide bonds. The highest BCUT2D eigenvalue weighted by Gasteiger charge is 2.13. The summed E-state index contributed by atoms with van der Waals surface area (Å²) in [4.78, 5) is 42.8. The van der Waals surface area contributed by atoms with Crippen LogP contribution in [0.3, 0.4) is 0 Å². The smallest absolute Gasteiger partial charge is 0.262 e. The Morgan fingerprint density at radius 1 is 1.10 bits per heavy atom. The Kier molecular flexibility index (Phi) is 6.12. The number of amides is 2. The lowest BCUT2D eigenvalue weighted by Gasteiger charge is -2.10. The van der Waals surface area contributed by atoms with Crippen molar-refractivity contribution in [1.82, 2.24) is 9.55 Å². The zero-order chi connectivity index (χ0) is 21.1. The van der Waals surface area contributed by atoms with Gasteiger partial charge in [-0.25, -0.2) is 4.98 Å². The van der Waals surface area contributed by atoms with Gasteiger partial charge in [0, 0.05) is 35.1 Å². The van der Waals surface area contributed by atoms with Crippen LogP contribution in [-0.4, -0.2) is 21.4 Å². The highest BCUT2D eigenvalue weighted by atomic mass is 32.1. The molecule has 0 unspecified atom stereocenters. The third-order valence-electron chi connectivity index (χ3n) is 4.70. The van der Waals surface area contributed by atoms with Crippen molar-refractivity contribution in [2.45, 2.75) is 40.7 Å². The standard InChI is InChI=1S/C21H24N4O3S/c1-12(2)19(27)24-16-7-5-15(6-8-16)23-17(26)9-10-25-11-22-20-18(21(25)28)13(3)14(4)29-20/h5-8,11-12H,9-10H2,1-4H3,(H,23,26)(H,24,27). The summed E-state index contributed by atoms with van der Waals surface area (Å²) in [6.45, 7) is 7.79. The van der Waals surface area contributed by atoms with Crippen molar-refractivity contribution < 1.29 is 9.59 Å². The molecule has 0 aliphatic carbocycles. The molecule has 0 atom stereocenters. The number of aryl methyl sites for hydroxylation is 3. The molecule has 29 heavy (non-hydrogen) atoms. The van der Waals surface area contributed by atoms with Crippen LogP contribution in [0, 0.1) is 19.8 Å². The van der Waals surface area contributed by atoms with Gasteiger partial charge >= 0.3 is 0 Å².